The molecule has 0 radical (unpaired) electrons. The number of carboxylic acids is 1. The Morgan fingerprint density at radius 3 is 2.44 bits per heavy atom. The summed E-state index contributed by atoms with van der Waals surface area (Å²) in [6.45, 7) is 6.05. The molecule has 1 aliphatic carbocycles. The van der Waals surface area contributed by atoms with Gasteiger partial charge >= 0.3 is 5.97 Å². The van der Waals surface area contributed by atoms with Crippen LogP contribution in [0.3, 0.4) is 0 Å². The molecule has 0 aliphatic heterocycles. The number of hydrogen-bond acceptors (Lipinski definition) is 3. The largest absolute Gasteiger partial charge is 0.481 e. The molecule has 1 aliphatic rings. The highest BCUT2D eigenvalue weighted by Gasteiger charge is 2.44. The van der Waals surface area contributed by atoms with Crippen LogP contribution in [0.1, 0.15) is 46.5 Å². The lowest BCUT2D eigenvalue weighted by Gasteiger charge is -2.24. The highest BCUT2D eigenvalue weighted by Crippen LogP contribution is 2.50. The van der Waals surface area contributed by atoms with Crippen molar-refractivity contribution in [2.24, 2.45) is 5.41 Å². The van der Waals surface area contributed by atoms with Gasteiger partial charge in [0.1, 0.15) is 0 Å². The monoisotopic (exact) mass is 273 g/mol. The van der Waals surface area contributed by atoms with Crippen molar-refractivity contribution in [2.75, 3.05) is 11.5 Å². The van der Waals surface area contributed by atoms with Crippen molar-refractivity contribution in [1.82, 2.24) is 5.32 Å². The Morgan fingerprint density at radius 1 is 1.39 bits per heavy atom. The normalized spacial score (nSPS) is 17.3. The summed E-state index contributed by atoms with van der Waals surface area (Å²) in [7, 11) is 0. The molecule has 0 spiro atoms. The van der Waals surface area contributed by atoms with Crippen molar-refractivity contribution >= 4 is 23.6 Å². The average molecular weight is 273 g/mol. The second kappa shape index (κ2) is 5.95. The Labute approximate surface area is 113 Å². The number of nitrogens with one attached hydrogen (secondary N) is 1. The van der Waals surface area contributed by atoms with Crippen molar-refractivity contribution in [3.05, 3.63) is 0 Å². The summed E-state index contributed by atoms with van der Waals surface area (Å²) in [6.07, 6.45) is 3.09. The highest BCUT2D eigenvalue weighted by atomic mass is 32.2. The summed E-state index contributed by atoms with van der Waals surface area (Å²) in [5, 5.41) is 11.8. The Kier molecular flexibility index (Phi) is 5.08. The molecule has 0 saturated heterocycles. The van der Waals surface area contributed by atoms with Crippen LogP contribution < -0.4 is 5.32 Å². The number of hydrogen-bond donors (Lipinski definition) is 2. The first-order chi connectivity index (χ1) is 8.29. The minimum atomic E-state index is -0.732. The Morgan fingerprint density at radius 2 is 2.00 bits per heavy atom. The molecule has 4 nitrogen and oxygen atoms in total. The molecule has 0 unspecified atom stereocenters. The number of carboxylic acid groups (broad SMARTS) is 1. The first kappa shape index (κ1) is 15.3. The fraction of sp³-hybridized carbons (Fsp3) is 0.846. The average Bonchev–Trinajstić information content (AvgIpc) is 2.96. The van der Waals surface area contributed by atoms with Crippen LogP contribution in [0.25, 0.3) is 0 Å². The zero-order valence-electron chi connectivity index (χ0n) is 11.4. The summed E-state index contributed by atoms with van der Waals surface area (Å²) >= 11 is 1.55. The van der Waals surface area contributed by atoms with E-state index in [2.05, 4.69) is 5.32 Å². The molecule has 0 atom stereocenters. The molecular formula is C13H23NO3S. The van der Waals surface area contributed by atoms with Gasteiger partial charge in [0.05, 0.1) is 12.2 Å². The SMILES string of the molecule is CCC(C)(C)NC(=O)CSCC1(CC(=O)O)CC1. The van der Waals surface area contributed by atoms with Crippen molar-refractivity contribution in [3.63, 3.8) is 0 Å². The van der Waals surface area contributed by atoms with Crippen LogP contribution in [0.5, 0.6) is 0 Å². The molecule has 0 aromatic rings. The van der Waals surface area contributed by atoms with Gasteiger partial charge in [0.15, 0.2) is 0 Å². The molecule has 1 saturated carbocycles. The summed E-state index contributed by atoms with van der Waals surface area (Å²) in [6, 6.07) is 0. The third kappa shape index (κ3) is 5.29. The van der Waals surface area contributed by atoms with Gasteiger partial charge in [-0.05, 0) is 44.3 Å². The van der Waals surface area contributed by atoms with Crippen molar-refractivity contribution in [3.8, 4) is 0 Å². The molecule has 5 heteroatoms. The third-order valence-electron chi connectivity index (χ3n) is 3.49. The zero-order valence-corrected chi connectivity index (χ0v) is 12.2. The summed E-state index contributed by atoms with van der Waals surface area (Å²) in [5.41, 5.74) is -0.187. The van der Waals surface area contributed by atoms with E-state index in [9.17, 15) is 9.59 Å². The minimum Gasteiger partial charge on any atom is -0.481 e. The van der Waals surface area contributed by atoms with Gasteiger partial charge in [-0.3, -0.25) is 9.59 Å². The number of aliphatic carboxylic acids is 1. The van der Waals surface area contributed by atoms with Gasteiger partial charge in [-0.25, -0.2) is 0 Å². The van der Waals surface area contributed by atoms with Crippen molar-refractivity contribution in [2.45, 2.75) is 52.0 Å². The number of rotatable bonds is 8. The van der Waals surface area contributed by atoms with E-state index < -0.39 is 5.97 Å². The van der Waals surface area contributed by atoms with Gasteiger partial charge in [0.25, 0.3) is 0 Å². The lowest BCUT2D eigenvalue weighted by Crippen LogP contribution is -2.43. The summed E-state index contributed by atoms with van der Waals surface area (Å²) in [4.78, 5) is 22.4. The second-order valence-corrected chi connectivity index (χ2v) is 6.83. The number of thioether (sulfide) groups is 1. The Balaban J connectivity index is 2.22. The van der Waals surface area contributed by atoms with Gasteiger partial charge in [-0.15, -0.1) is 0 Å². The fourth-order valence-electron chi connectivity index (χ4n) is 1.73. The second-order valence-electron chi connectivity index (χ2n) is 5.85. The summed E-state index contributed by atoms with van der Waals surface area (Å²) in [5.74, 6) is 0.506. The van der Waals surface area contributed by atoms with Crippen LogP contribution in [0.15, 0.2) is 0 Å². The van der Waals surface area contributed by atoms with E-state index in [-0.39, 0.29) is 23.3 Å². The molecule has 1 fully saturated rings. The molecule has 0 bridgehead atoms. The quantitative estimate of drug-likeness (QED) is 0.712. The molecule has 0 aromatic carbocycles. The lowest BCUT2D eigenvalue weighted by atomic mass is 10.0. The van der Waals surface area contributed by atoms with E-state index >= 15 is 0 Å². The van der Waals surface area contributed by atoms with Crippen LogP contribution in [0.4, 0.5) is 0 Å². The van der Waals surface area contributed by atoms with Gasteiger partial charge in [0, 0.05) is 5.54 Å². The molecule has 0 heterocycles. The molecule has 2 N–H and O–H groups in total. The van der Waals surface area contributed by atoms with Crippen LogP contribution in [-0.2, 0) is 9.59 Å². The molecule has 1 rings (SSSR count). The smallest absolute Gasteiger partial charge is 0.303 e. The van der Waals surface area contributed by atoms with Gasteiger partial charge in [-0.2, -0.15) is 11.8 Å². The van der Waals surface area contributed by atoms with Crippen LogP contribution >= 0.6 is 11.8 Å². The van der Waals surface area contributed by atoms with E-state index in [0.717, 1.165) is 25.0 Å². The van der Waals surface area contributed by atoms with Crippen LogP contribution in [0, 0.1) is 5.41 Å². The maximum Gasteiger partial charge on any atom is 0.303 e. The standard InChI is InChI=1S/C13H23NO3S/c1-4-12(2,3)14-10(15)8-18-9-13(5-6-13)7-11(16)17/h4-9H2,1-3H3,(H,14,15)(H,16,17). The first-order valence-electron chi connectivity index (χ1n) is 6.39. The number of carbonyl (C=O) groups excluding carboxylic acids is 1. The zero-order chi connectivity index (χ0) is 13.8. The topological polar surface area (TPSA) is 66.4 Å². The van der Waals surface area contributed by atoms with Gasteiger partial charge in [0.2, 0.25) is 5.91 Å². The van der Waals surface area contributed by atoms with E-state index in [1.54, 1.807) is 11.8 Å². The van der Waals surface area contributed by atoms with Crippen LogP contribution in [0.2, 0.25) is 0 Å². The van der Waals surface area contributed by atoms with Gasteiger partial charge in [-0.1, -0.05) is 6.92 Å². The molecule has 0 aromatic heterocycles. The van der Waals surface area contributed by atoms with E-state index in [0.29, 0.717) is 5.75 Å². The highest BCUT2D eigenvalue weighted by molar-refractivity contribution is 7.99. The fourth-order valence-corrected chi connectivity index (χ4v) is 2.92. The molecule has 1 amide bonds. The number of amides is 1. The Bertz CT molecular complexity index is 324. The summed E-state index contributed by atoms with van der Waals surface area (Å²) < 4.78 is 0. The predicted octanol–water partition coefficient (Wildman–Crippen LogP) is 2.28. The molecule has 18 heavy (non-hydrogen) atoms. The van der Waals surface area contributed by atoms with Crippen LogP contribution in [-0.4, -0.2) is 34.0 Å². The maximum absolute atomic E-state index is 11.7. The van der Waals surface area contributed by atoms with E-state index in [4.69, 9.17) is 5.11 Å². The molecule has 104 valence electrons. The number of carbonyl (C=O) groups is 2. The maximum atomic E-state index is 11.7. The van der Waals surface area contributed by atoms with Crippen molar-refractivity contribution < 1.29 is 14.7 Å². The van der Waals surface area contributed by atoms with Crippen molar-refractivity contribution in [1.29, 1.82) is 0 Å². The lowest BCUT2D eigenvalue weighted by molar-refractivity contribution is -0.138. The Hall–Kier alpha value is -0.710. The molecular weight excluding hydrogens is 250 g/mol. The minimum absolute atomic E-state index is 0.0307. The third-order valence-corrected chi connectivity index (χ3v) is 4.77. The van der Waals surface area contributed by atoms with E-state index in [1.165, 1.54) is 0 Å². The predicted molar refractivity (Wildman–Crippen MR) is 73.8 cm³/mol. The van der Waals surface area contributed by atoms with Gasteiger partial charge < -0.3 is 10.4 Å². The van der Waals surface area contributed by atoms with E-state index in [1.807, 2.05) is 20.8 Å². The first-order valence-corrected chi connectivity index (χ1v) is 7.55.